The molecule has 0 amide bonds. The maximum absolute atomic E-state index is 11.0. The van der Waals surface area contributed by atoms with Gasteiger partial charge in [-0.1, -0.05) is 13.3 Å². The zero-order chi connectivity index (χ0) is 14.8. The summed E-state index contributed by atoms with van der Waals surface area (Å²) in [6.45, 7) is 3.30. The first-order chi connectivity index (χ1) is 9.67. The van der Waals surface area contributed by atoms with Gasteiger partial charge in [-0.25, -0.2) is 4.98 Å². The number of hydrogen-bond donors (Lipinski definition) is 2. The molecule has 7 heteroatoms. The molecule has 1 aromatic rings. The molecular weight excluding hydrogens is 260 g/mol. The summed E-state index contributed by atoms with van der Waals surface area (Å²) < 4.78 is 10.1. The fraction of sp³-hybridized carbons (Fsp3) is 0.615. The summed E-state index contributed by atoms with van der Waals surface area (Å²) in [4.78, 5) is 19.0. The Labute approximate surface area is 118 Å². The fourth-order valence-corrected chi connectivity index (χ4v) is 1.50. The summed E-state index contributed by atoms with van der Waals surface area (Å²) in [5.74, 6) is 1.08. The van der Waals surface area contributed by atoms with Crippen molar-refractivity contribution in [1.29, 1.82) is 0 Å². The second-order valence-corrected chi connectivity index (χ2v) is 4.25. The first kappa shape index (κ1) is 16.0. The number of nitrogens with one attached hydrogen (secondary N) is 1. The van der Waals surface area contributed by atoms with Crippen LogP contribution in [0.4, 0.5) is 11.8 Å². The first-order valence-electron chi connectivity index (χ1n) is 6.73. The van der Waals surface area contributed by atoms with E-state index in [0.29, 0.717) is 31.0 Å². The van der Waals surface area contributed by atoms with Crippen LogP contribution in [0, 0.1) is 0 Å². The van der Waals surface area contributed by atoms with Crippen molar-refractivity contribution >= 4 is 17.7 Å². The molecule has 20 heavy (non-hydrogen) atoms. The molecule has 0 saturated carbocycles. The normalized spacial score (nSPS) is 10.1. The second-order valence-electron chi connectivity index (χ2n) is 4.25. The van der Waals surface area contributed by atoms with Gasteiger partial charge in [0.1, 0.15) is 0 Å². The lowest BCUT2D eigenvalue weighted by molar-refractivity contribution is -0.140. The van der Waals surface area contributed by atoms with Gasteiger partial charge >= 0.3 is 5.97 Å². The predicted molar refractivity (Wildman–Crippen MR) is 76.6 cm³/mol. The molecule has 0 aromatic carbocycles. The maximum Gasteiger partial charge on any atom is 0.305 e. The van der Waals surface area contributed by atoms with Crippen molar-refractivity contribution in [2.24, 2.45) is 0 Å². The highest BCUT2D eigenvalue weighted by Crippen LogP contribution is 2.21. The van der Waals surface area contributed by atoms with Gasteiger partial charge in [0, 0.05) is 13.0 Å². The lowest BCUT2D eigenvalue weighted by Crippen LogP contribution is -2.10. The van der Waals surface area contributed by atoms with E-state index in [0.717, 1.165) is 19.4 Å². The molecule has 0 fully saturated rings. The summed E-state index contributed by atoms with van der Waals surface area (Å²) >= 11 is 0. The van der Waals surface area contributed by atoms with E-state index in [4.69, 9.17) is 10.5 Å². The molecule has 0 aliphatic rings. The average Bonchev–Trinajstić information content (AvgIpc) is 2.45. The number of nitrogen functional groups attached to an aromatic ring is 1. The molecule has 0 atom stereocenters. The monoisotopic (exact) mass is 282 g/mol. The summed E-state index contributed by atoms with van der Waals surface area (Å²) in [6.07, 6.45) is 4.56. The highest BCUT2D eigenvalue weighted by Gasteiger charge is 2.07. The highest BCUT2D eigenvalue weighted by molar-refractivity contribution is 5.69. The minimum atomic E-state index is -0.247. The van der Waals surface area contributed by atoms with Gasteiger partial charge in [-0.3, -0.25) is 4.79 Å². The standard InChI is InChI=1S/C13H22N4O3/c1-3-4-7-15-12-10(9-16-13(14)17-12)20-8-5-6-11(18)19-2/h9H,3-8H2,1-2H3,(H3,14,15,16,17). The fourth-order valence-electron chi connectivity index (χ4n) is 1.50. The van der Waals surface area contributed by atoms with Gasteiger partial charge in [0.25, 0.3) is 0 Å². The molecule has 0 aliphatic heterocycles. The Hall–Kier alpha value is -2.05. The van der Waals surface area contributed by atoms with Crippen molar-refractivity contribution < 1.29 is 14.3 Å². The number of hydrogen-bond acceptors (Lipinski definition) is 7. The Kier molecular flexibility index (Phi) is 7.16. The van der Waals surface area contributed by atoms with Gasteiger partial charge in [-0.15, -0.1) is 0 Å². The van der Waals surface area contributed by atoms with Crippen LogP contribution in [-0.2, 0) is 9.53 Å². The van der Waals surface area contributed by atoms with E-state index >= 15 is 0 Å². The molecular formula is C13H22N4O3. The molecule has 7 nitrogen and oxygen atoms in total. The number of methoxy groups -OCH3 is 1. The summed E-state index contributed by atoms with van der Waals surface area (Å²) in [5, 5.41) is 3.17. The molecule has 1 rings (SSSR count). The van der Waals surface area contributed by atoms with Crippen LogP contribution in [0.1, 0.15) is 32.6 Å². The molecule has 0 bridgehead atoms. The maximum atomic E-state index is 11.0. The molecule has 0 aliphatic carbocycles. The van der Waals surface area contributed by atoms with Gasteiger partial charge in [0.05, 0.1) is 19.9 Å². The zero-order valence-corrected chi connectivity index (χ0v) is 12.0. The lowest BCUT2D eigenvalue weighted by Gasteiger charge is -2.12. The Balaban J connectivity index is 2.48. The van der Waals surface area contributed by atoms with Crippen LogP contribution in [0.15, 0.2) is 6.20 Å². The average molecular weight is 282 g/mol. The van der Waals surface area contributed by atoms with Gasteiger partial charge in [-0.2, -0.15) is 4.98 Å². The molecule has 0 radical (unpaired) electrons. The first-order valence-corrected chi connectivity index (χ1v) is 6.73. The van der Waals surface area contributed by atoms with Crippen LogP contribution >= 0.6 is 0 Å². The van der Waals surface area contributed by atoms with Crippen molar-refractivity contribution in [3.05, 3.63) is 6.20 Å². The zero-order valence-electron chi connectivity index (χ0n) is 12.0. The summed E-state index contributed by atoms with van der Waals surface area (Å²) in [5.41, 5.74) is 5.57. The lowest BCUT2D eigenvalue weighted by atomic mass is 10.3. The summed E-state index contributed by atoms with van der Waals surface area (Å²) in [7, 11) is 1.37. The number of esters is 1. The number of nitrogens with zero attached hydrogens (tertiary/aromatic N) is 2. The van der Waals surface area contributed by atoms with E-state index in [-0.39, 0.29) is 11.9 Å². The van der Waals surface area contributed by atoms with Crippen LogP contribution in [-0.4, -0.2) is 36.2 Å². The number of carbonyl (C=O) groups is 1. The van der Waals surface area contributed by atoms with Gasteiger partial charge < -0.3 is 20.5 Å². The molecule has 0 saturated heterocycles. The number of ether oxygens (including phenoxy) is 2. The predicted octanol–water partition coefficient (Wildman–Crippen LogP) is 1.60. The van der Waals surface area contributed by atoms with Gasteiger partial charge in [0.15, 0.2) is 11.6 Å². The smallest absolute Gasteiger partial charge is 0.305 e. The molecule has 112 valence electrons. The van der Waals surface area contributed by atoms with Crippen molar-refractivity contribution in [2.45, 2.75) is 32.6 Å². The van der Waals surface area contributed by atoms with E-state index in [1.807, 2.05) is 0 Å². The van der Waals surface area contributed by atoms with Crippen LogP contribution < -0.4 is 15.8 Å². The topological polar surface area (TPSA) is 99.4 Å². The largest absolute Gasteiger partial charge is 0.488 e. The van der Waals surface area contributed by atoms with Gasteiger partial charge in [-0.05, 0) is 12.8 Å². The van der Waals surface area contributed by atoms with E-state index in [1.165, 1.54) is 13.3 Å². The summed E-state index contributed by atoms with van der Waals surface area (Å²) in [6, 6.07) is 0. The van der Waals surface area contributed by atoms with Crippen LogP contribution in [0.5, 0.6) is 5.75 Å². The molecule has 1 aromatic heterocycles. The van der Waals surface area contributed by atoms with E-state index in [9.17, 15) is 4.79 Å². The Morgan fingerprint density at radius 3 is 2.95 bits per heavy atom. The third kappa shape index (κ3) is 5.73. The van der Waals surface area contributed by atoms with Crippen molar-refractivity contribution in [1.82, 2.24) is 9.97 Å². The van der Waals surface area contributed by atoms with Gasteiger partial charge in [0.2, 0.25) is 5.95 Å². The van der Waals surface area contributed by atoms with E-state index < -0.39 is 0 Å². The Morgan fingerprint density at radius 1 is 1.45 bits per heavy atom. The minimum Gasteiger partial charge on any atom is -0.488 e. The highest BCUT2D eigenvalue weighted by atomic mass is 16.5. The van der Waals surface area contributed by atoms with E-state index in [2.05, 4.69) is 26.9 Å². The Morgan fingerprint density at radius 2 is 2.25 bits per heavy atom. The number of aromatic nitrogens is 2. The van der Waals surface area contributed by atoms with E-state index in [1.54, 1.807) is 0 Å². The van der Waals surface area contributed by atoms with Crippen molar-refractivity contribution in [3.63, 3.8) is 0 Å². The molecule has 3 N–H and O–H groups in total. The van der Waals surface area contributed by atoms with Crippen LogP contribution in [0.25, 0.3) is 0 Å². The Bertz CT molecular complexity index is 426. The number of rotatable bonds is 9. The third-order valence-corrected chi connectivity index (χ3v) is 2.61. The number of nitrogens with two attached hydrogens (primary N) is 1. The SMILES string of the molecule is CCCCNc1nc(N)ncc1OCCCC(=O)OC. The molecule has 1 heterocycles. The van der Waals surface area contributed by atoms with Crippen LogP contribution in [0.3, 0.4) is 0 Å². The number of anilines is 2. The van der Waals surface area contributed by atoms with Crippen molar-refractivity contribution in [2.75, 3.05) is 31.3 Å². The molecule has 0 spiro atoms. The van der Waals surface area contributed by atoms with Crippen LogP contribution in [0.2, 0.25) is 0 Å². The second kappa shape index (κ2) is 8.95. The minimum absolute atomic E-state index is 0.200. The third-order valence-electron chi connectivity index (χ3n) is 2.61. The quantitative estimate of drug-likeness (QED) is 0.524. The molecule has 0 unspecified atom stereocenters. The number of unbranched alkanes of at least 4 members (excludes halogenated alkanes) is 1. The number of carbonyl (C=O) groups excluding carboxylic acids is 1. The van der Waals surface area contributed by atoms with Crippen molar-refractivity contribution in [3.8, 4) is 5.75 Å².